The van der Waals surface area contributed by atoms with Gasteiger partial charge in [0.15, 0.2) is 0 Å². The van der Waals surface area contributed by atoms with Gasteiger partial charge in [0.25, 0.3) is 0 Å². The lowest BCUT2D eigenvalue weighted by Crippen LogP contribution is -2.39. The summed E-state index contributed by atoms with van der Waals surface area (Å²) in [5.74, 6) is 1.02. The fourth-order valence-corrected chi connectivity index (χ4v) is 1.97. The number of hydrogen-bond donors (Lipinski definition) is 1. The van der Waals surface area contributed by atoms with Gasteiger partial charge in [-0.2, -0.15) is 0 Å². The molecule has 1 aromatic rings. The van der Waals surface area contributed by atoms with Crippen LogP contribution in [0, 0.1) is 0 Å². The van der Waals surface area contributed by atoms with Crippen molar-refractivity contribution in [1.82, 2.24) is 10.2 Å². The maximum atomic E-state index is 5.37. The fraction of sp³-hybridized carbons (Fsp3) is 0.692. The summed E-state index contributed by atoms with van der Waals surface area (Å²) in [7, 11) is 2.22. The second kappa shape index (κ2) is 5.02. The molecule has 1 aliphatic carbocycles. The summed E-state index contributed by atoms with van der Waals surface area (Å²) in [5.41, 5.74) is 0. The minimum Gasteiger partial charge on any atom is -0.468 e. The van der Waals surface area contributed by atoms with Gasteiger partial charge in [-0.15, -0.1) is 0 Å². The van der Waals surface area contributed by atoms with Gasteiger partial charge in [-0.05, 0) is 45.9 Å². The van der Waals surface area contributed by atoms with Gasteiger partial charge >= 0.3 is 0 Å². The highest BCUT2D eigenvalue weighted by molar-refractivity contribution is 5.03. The van der Waals surface area contributed by atoms with Crippen molar-refractivity contribution in [3.63, 3.8) is 0 Å². The van der Waals surface area contributed by atoms with Crippen LogP contribution in [-0.2, 0) is 0 Å². The van der Waals surface area contributed by atoms with Gasteiger partial charge in [0.2, 0.25) is 0 Å². The molecule has 90 valence electrons. The van der Waals surface area contributed by atoms with E-state index in [2.05, 4.69) is 31.1 Å². The number of rotatable bonds is 6. The highest BCUT2D eigenvalue weighted by atomic mass is 16.3. The Balaban J connectivity index is 1.74. The molecule has 0 radical (unpaired) electrons. The Morgan fingerprint density at radius 3 is 2.81 bits per heavy atom. The van der Waals surface area contributed by atoms with Crippen molar-refractivity contribution in [1.29, 1.82) is 0 Å². The Bertz CT molecular complexity index is 306. The van der Waals surface area contributed by atoms with E-state index in [4.69, 9.17) is 4.42 Å². The SMILES string of the molecule is CC(NCC(C)N(C)C1CC1)c1ccco1. The molecule has 3 nitrogen and oxygen atoms in total. The van der Waals surface area contributed by atoms with Crippen molar-refractivity contribution < 1.29 is 4.42 Å². The van der Waals surface area contributed by atoms with E-state index in [9.17, 15) is 0 Å². The van der Waals surface area contributed by atoms with Gasteiger partial charge < -0.3 is 9.73 Å². The van der Waals surface area contributed by atoms with E-state index < -0.39 is 0 Å². The van der Waals surface area contributed by atoms with E-state index in [0.717, 1.165) is 18.3 Å². The summed E-state index contributed by atoms with van der Waals surface area (Å²) in [6.45, 7) is 5.43. The Morgan fingerprint density at radius 2 is 2.25 bits per heavy atom. The smallest absolute Gasteiger partial charge is 0.120 e. The summed E-state index contributed by atoms with van der Waals surface area (Å²) in [6, 6.07) is 5.67. The van der Waals surface area contributed by atoms with E-state index in [0.29, 0.717) is 12.1 Å². The topological polar surface area (TPSA) is 28.4 Å². The van der Waals surface area contributed by atoms with Crippen LogP contribution in [0.5, 0.6) is 0 Å². The van der Waals surface area contributed by atoms with Crippen LogP contribution < -0.4 is 5.32 Å². The van der Waals surface area contributed by atoms with Gasteiger partial charge in [-0.25, -0.2) is 0 Å². The maximum Gasteiger partial charge on any atom is 0.120 e. The molecule has 0 aliphatic heterocycles. The Kier molecular flexibility index (Phi) is 3.66. The lowest BCUT2D eigenvalue weighted by molar-refractivity contribution is 0.234. The first-order valence-corrected chi connectivity index (χ1v) is 6.17. The van der Waals surface area contributed by atoms with Crippen LogP contribution in [0.4, 0.5) is 0 Å². The van der Waals surface area contributed by atoms with Gasteiger partial charge in [-0.3, -0.25) is 4.90 Å². The van der Waals surface area contributed by atoms with Crippen molar-refractivity contribution in [3.05, 3.63) is 24.2 Å². The molecular weight excluding hydrogens is 200 g/mol. The lowest BCUT2D eigenvalue weighted by Gasteiger charge is -2.26. The van der Waals surface area contributed by atoms with Crippen LogP contribution in [0.15, 0.2) is 22.8 Å². The summed E-state index contributed by atoms with van der Waals surface area (Å²) in [6.07, 6.45) is 4.47. The molecule has 1 aliphatic rings. The minimum absolute atomic E-state index is 0.296. The minimum atomic E-state index is 0.296. The molecule has 0 spiro atoms. The molecule has 1 saturated carbocycles. The summed E-state index contributed by atoms with van der Waals surface area (Å²) in [4.78, 5) is 2.47. The molecule has 2 rings (SSSR count). The lowest BCUT2D eigenvalue weighted by atomic mass is 10.2. The average molecular weight is 222 g/mol. The number of likely N-dealkylation sites (N-methyl/N-ethyl adjacent to an activating group) is 1. The summed E-state index contributed by atoms with van der Waals surface area (Å²) in [5, 5.41) is 3.51. The summed E-state index contributed by atoms with van der Waals surface area (Å²) < 4.78 is 5.37. The van der Waals surface area contributed by atoms with E-state index in [1.807, 2.05) is 12.1 Å². The number of nitrogens with one attached hydrogen (secondary N) is 1. The van der Waals surface area contributed by atoms with E-state index >= 15 is 0 Å². The summed E-state index contributed by atoms with van der Waals surface area (Å²) >= 11 is 0. The van der Waals surface area contributed by atoms with Crippen LogP contribution in [0.25, 0.3) is 0 Å². The van der Waals surface area contributed by atoms with Gasteiger partial charge in [0.1, 0.15) is 5.76 Å². The van der Waals surface area contributed by atoms with Crippen LogP contribution in [0.3, 0.4) is 0 Å². The number of hydrogen-bond acceptors (Lipinski definition) is 3. The fourth-order valence-electron chi connectivity index (χ4n) is 1.97. The molecule has 16 heavy (non-hydrogen) atoms. The molecule has 1 fully saturated rings. The number of furan rings is 1. The maximum absolute atomic E-state index is 5.37. The first-order chi connectivity index (χ1) is 7.68. The van der Waals surface area contributed by atoms with Crippen molar-refractivity contribution in [2.75, 3.05) is 13.6 Å². The Hall–Kier alpha value is -0.800. The second-order valence-electron chi connectivity index (χ2n) is 4.89. The van der Waals surface area contributed by atoms with Crippen molar-refractivity contribution in [2.24, 2.45) is 0 Å². The third-order valence-electron chi connectivity index (χ3n) is 3.51. The first-order valence-electron chi connectivity index (χ1n) is 6.17. The zero-order valence-corrected chi connectivity index (χ0v) is 10.4. The molecule has 3 heteroatoms. The second-order valence-corrected chi connectivity index (χ2v) is 4.89. The van der Waals surface area contributed by atoms with Gasteiger partial charge in [0.05, 0.1) is 12.3 Å². The zero-order valence-electron chi connectivity index (χ0n) is 10.4. The molecule has 2 atom stereocenters. The van der Waals surface area contributed by atoms with E-state index in [-0.39, 0.29) is 0 Å². The Labute approximate surface area is 97.8 Å². The van der Waals surface area contributed by atoms with Gasteiger partial charge in [0, 0.05) is 18.6 Å². The predicted octanol–water partition coefficient (Wildman–Crippen LogP) is 2.41. The zero-order chi connectivity index (χ0) is 11.5. The average Bonchev–Trinajstić information content (AvgIpc) is 2.99. The van der Waals surface area contributed by atoms with E-state index in [1.165, 1.54) is 12.8 Å². The van der Waals surface area contributed by atoms with E-state index in [1.54, 1.807) is 6.26 Å². The third-order valence-corrected chi connectivity index (χ3v) is 3.51. The highest BCUT2D eigenvalue weighted by Gasteiger charge is 2.29. The molecule has 2 unspecified atom stereocenters. The van der Waals surface area contributed by atoms with Gasteiger partial charge in [-0.1, -0.05) is 0 Å². The molecule has 1 heterocycles. The van der Waals surface area contributed by atoms with Crippen LogP contribution in [0.1, 0.15) is 38.5 Å². The molecule has 0 saturated heterocycles. The van der Waals surface area contributed by atoms with Crippen LogP contribution in [-0.4, -0.2) is 30.6 Å². The van der Waals surface area contributed by atoms with Crippen molar-refractivity contribution in [2.45, 2.75) is 44.8 Å². The van der Waals surface area contributed by atoms with Crippen molar-refractivity contribution >= 4 is 0 Å². The highest BCUT2D eigenvalue weighted by Crippen LogP contribution is 2.26. The standard InChI is InChI=1S/C13H22N2O/c1-10(15(3)12-6-7-12)9-14-11(2)13-5-4-8-16-13/h4-5,8,10-12,14H,6-7,9H2,1-3H3. The largest absolute Gasteiger partial charge is 0.468 e. The Morgan fingerprint density at radius 1 is 1.50 bits per heavy atom. The number of nitrogens with zero attached hydrogens (tertiary/aromatic N) is 1. The van der Waals surface area contributed by atoms with Crippen LogP contribution >= 0.6 is 0 Å². The van der Waals surface area contributed by atoms with Crippen LogP contribution in [0.2, 0.25) is 0 Å². The third kappa shape index (κ3) is 2.86. The monoisotopic (exact) mass is 222 g/mol. The molecule has 0 aromatic carbocycles. The molecule has 1 N–H and O–H groups in total. The molecular formula is C13H22N2O. The quantitative estimate of drug-likeness (QED) is 0.801. The van der Waals surface area contributed by atoms with Crippen molar-refractivity contribution in [3.8, 4) is 0 Å². The first kappa shape index (κ1) is 11.7. The normalized spacial score (nSPS) is 20.0. The molecule has 0 bridgehead atoms. The predicted molar refractivity (Wildman–Crippen MR) is 65.4 cm³/mol. The molecule has 0 amide bonds. The molecule has 1 aromatic heterocycles.